The van der Waals surface area contributed by atoms with Crippen molar-refractivity contribution in [1.82, 2.24) is 10.6 Å². The zero-order chi connectivity index (χ0) is 45.8. The van der Waals surface area contributed by atoms with Crippen LogP contribution in [0.2, 0.25) is 0 Å². The van der Waals surface area contributed by atoms with Crippen LogP contribution in [0.15, 0.2) is 0 Å². The van der Waals surface area contributed by atoms with Gasteiger partial charge in [0.2, 0.25) is 11.8 Å². The fourth-order valence-electron chi connectivity index (χ4n) is 5.61. The van der Waals surface area contributed by atoms with Crippen LogP contribution in [0.25, 0.3) is 0 Å². The van der Waals surface area contributed by atoms with Crippen LogP contribution < -0.4 is 10.6 Å². The number of amides is 2. The molecule has 0 saturated carbocycles. The molecule has 0 aromatic rings. The molecule has 0 aromatic carbocycles. The molecule has 0 fully saturated rings. The fourth-order valence-corrected chi connectivity index (χ4v) is 5.61. The molecule has 0 aromatic heterocycles. The third-order valence-corrected chi connectivity index (χ3v) is 8.63. The Kier molecular flexibility index (Phi) is 41.4. The van der Waals surface area contributed by atoms with E-state index >= 15 is 0 Å². The average molecular weight is 907 g/mol. The molecule has 0 heterocycles. The summed E-state index contributed by atoms with van der Waals surface area (Å²) in [7, 11) is 1.51. The summed E-state index contributed by atoms with van der Waals surface area (Å²) in [6, 6.07) is -0.835. The molecule has 62 heavy (non-hydrogen) atoms. The second-order valence-corrected chi connectivity index (χ2v) is 14.4. The molecule has 368 valence electrons. The van der Waals surface area contributed by atoms with E-state index in [0.29, 0.717) is 32.3 Å². The highest BCUT2D eigenvalue weighted by molar-refractivity contribution is 5.88. The van der Waals surface area contributed by atoms with E-state index in [0.717, 1.165) is 0 Å². The summed E-state index contributed by atoms with van der Waals surface area (Å²) >= 11 is 0. The third-order valence-electron chi connectivity index (χ3n) is 8.63. The van der Waals surface area contributed by atoms with Crippen molar-refractivity contribution in [3.05, 3.63) is 0 Å². The number of Topliss-reactive ketones (excluding diaryl/α,β-unsaturated/α-hetero) is 1. The van der Waals surface area contributed by atoms with Gasteiger partial charge in [0.05, 0.1) is 176 Å². The zero-order valence-corrected chi connectivity index (χ0v) is 36.8. The van der Waals surface area contributed by atoms with E-state index in [1.807, 2.05) is 0 Å². The molecule has 8 N–H and O–H groups in total. The van der Waals surface area contributed by atoms with Gasteiger partial charge in [0.25, 0.3) is 0 Å². The van der Waals surface area contributed by atoms with Crippen molar-refractivity contribution in [3.8, 4) is 0 Å². The van der Waals surface area contributed by atoms with Gasteiger partial charge in [-0.05, 0) is 12.8 Å². The first-order valence-electron chi connectivity index (χ1n) is 21.2. The number of aliphatic hydroxyl groups excluding tert-OH is 6. The van der Waals surface area contributed by atoms with Crippen molar-refractivity contribution in [2.24, 2.45) is 10.8 Å². The van der Waals surface area contributed by atoms with Crippen LogP contribution in [0.4, 0.5) is 0 Å². The molecule has 22 heteroatoms. The second-order valence-electron chi connectivity index (χ2n) is 14.4. The summed E-state index contributed by atoms with van der Waals surface area (Å²) in [6.07, 6.45) is 2.34. The quantitative estimate of drug-likeness (QED) is 0.0280. The summed E-state index contributed by atoms with van der Waals surface area (Å²) in [5.74, 6) is -0.969. The summed E-state index contributed by atoms with van der Waals surface area (Å²) < 4.78 is 60.8. The van der Waals surface area contributed by atoms with Gasteiger partial charge in [-0.15, -0.1) is 0 Å². The van der Waals surface area contributed by atoms with Crippen LogP contribution in [0.5, 0.6) is 0 Å². The van der Waals surface area contributed by atoms with Crippen LogP contribution in [0.3, 0.4) is 0 Å². The minimum absolute atomic E-state index is 0.0524. The van der Waals surface area contributed by atoms with E-state index < -0.39 is 22.8 Å². The molecule has 0 aliphatic heterocycles. The number of methoxy groups -OCH3 is 1. The topological polar surface area (TPSA) is 298 Å². The highest BCUT2D eigenvalue weighted by Crippen LogP contribution is 2.22. The van der Waals surface area contributed by atoms with Crippen molar-refractivity contribution >= 4 is 17.6 Å². The van der Waals surface area contributed by atoms with Crippen molar-refractivity contribution in [1.29, 1.82) is 0 Å². The second kappa shape index (κ2) is 42.9. The lowest BCUT2D eigenvalue weighted by Gasteiger charge is -2.32. The zero-order valence-electron chi connectivity index (χ0n) is 36.8. The predicted octanol–water partition coefficient (Wildman–Crippen LogP) is -3.15. The number of ketones is 1. The Bertz CT molecular complexity index is 995. The van der Waals surface area contributed by atoms with Gasteiger partial charge in [-0.2, -0.15) is 0 Å². The van der Waals surface area contributed by atoms with E-state index in [4.69, 9.17) is 82.7 Å². The maximum atomic E-state index is 12.9. The maximum Gasteiger partial charge on any atom is 0.246 e. The molecule has 2 amide bonds. The minimum Gasteiger partial charge on any atom is -0.394 e. The third kappa shape index (κ3) is 33.4. The normalized spacial score (nSPS) is 12.5. The highest BCUT2D eigenvalue weighted by Gasteiger charge is 2.34. The van der Waals surface area contributed by atoms with Crippen molar-refractivity contribution in [2.45, 2.75) is 38.1 Å². The number of carbonyl (C=O) groups excluding carboxylic acids is 3. The standard InChI is InChI=1S/C40H78N2O20/c1-52-14-7-41-38(51)36(42-37(50)26-54-22-24-62-34-40(30-58-18-11-46,31-59-19-12-47)32-60-20-13-48)6-4-2-3-5-35(49)25-53-21-23-61-33-39(27-55-15-8-43,28-56-16-9-44)29-57-17-10-45/h36,43-48H,2-34H2,1H3,(H,41,51)(H,42,50). The van der Waals surface area contributed by atoms with Crippen LogP contribution in [-0.4, -0.2) is 246 Å². The smallest absolute Gasteiger partial charge is 0.246 e. The monoisotopic (exact) mass is 907 g/mol. The SMILES string of the molecule is COCCNC(=O)C(CCCCCC(=O)COCCOCC(COCCO)(COCCO)COCCO)NC(=O)COCCOCC(COCCO)(COCCO)COCCO. The summed E-state index contributed by atoms with van der Waals surface area (Å²) in [4.78, 5) is 38.1. The summed E-state index contributed by atoms with van der Waals surface area (Å²) in [6.45, 7) is 1.13. The lowest BCUT2D eigenvalue weighted by molar-refractivity contribution is -0.133. The number of carbonyl (C=O) groups is 3. The van der Waals surface area contributed by atoms with E-state index in [-0.39, 0.29) is 196 Å². The largest absolute Gasteiger partial charge is 0.394 e. The molecule has 0 aliphatic rings. The Labute approximate surface area is 366 Å². The van der Waals surface area contributed by atoms with Crippen LogP contribution in [0, 0.1) is 10.8 Å². The van der Waals surface area contributed by atoms with Crippen molar-refractivity contribution < 1.29 is 97.1 Å². The van der Waals surface area contributed by atoms with E-state index in [1.165, 1.54) is 7.11 Å². The molecule has 0 aliphatic carbocycles. The molecule has 1 unspecified atom stereocenters. The van der Waals surface area contributed by atoms with Gasteiger partial charge in [0.1, 0.15) is 19.3 Å². The van der Waals surface area contributed by atoms with Crippen LogP contribution >= 0.6 is 0 Å². The number of unbranched alkanes of at least 4 members (excludes halogenated alkanes) is 2. The lowest BCUT2D eigenvalue weighted by Crippen LogP contribution is -2.48. The Balaban J connectivity index is 4.79. The molecular formula is C40H78N2O20. The van der Waals surface area contributed by atoms with Crippen LogP contribution in [0.1, 0.15) is 32.1 Å². The van der Waals surface area contributed by atoms with Crippen molar-refractivity contribution in [3.63, 3.8) is 0 Å². The number of aliphatic hydroxyl groups is 6. The number of ether oxygens (including phenoxy) is 11. The molecule has 0 saturated heterocycles. The number of hydrogen-bond donors (Lipinski definition) is 8. The van der Waals surface area contributed by atoms with Crippen LogP contribution in [-0.2, 0) is 66.5 Å². The molecule has 0 radical (unpaired) electrons. The summed E-state index contributed by atoms with van der Waals surface area (Å²) in [5.41, 5.74) is -1.57. The first kappa shape index (κ1) is 59.9. The minimum atomic E-state index is -0.835. The molecule has 1 atom stereocenters. The molecule has 0 bridgehead atoms. The van der Waals surface area contributed by atoms with E-state index in [2.05, 4.69) is 10.6 Å². The van der Waals surface area contributed by atoms with Gasteiger partial charge in [0, 0.05) is 20.1 Å². The average Bonchev–Trinajstić information content (AvgIpc) is 3.26. The molecule has 22 nitrogen and oxygen atoms in total. The number of nitrogens with one attached hydrogen (secondary N) is 2. The first-order chi connectivity index (χ1) is 30.2. The van der Waals surface area contributed by atoms with Gasteiger partial charge < -0.3 is 93.4 Å². The Hall–Kier alpha value is -2.07. The van der Waals surface area contributed by atoms with Crippen molar-refractivity contribution in [2.75, 3.05) is 192 Å². The lowest BCUT2D eigenvalue weighted by atomic mass is 9.92. The van der Waals surface area contributed by atoms with Gasteiger partial charge in [0.15, 0.2) is 5.78 Å². The Morgan fingerprint density at radius 3 is 1.23 bits per heavy atom. The summed E-state index contributed by atoms with van der Waals surface area (Å²) in [5, 5.41) is 60.2. The Morgan fingerprint density at radius 1 is 0.468 bits per heavy atom. The molecular weight excluding hydrogens is 828 g/mol. The predicted molar refractivity (Wildman–Crippen MR) is 220 cm³/mol. The van der Waals surface area contributed by atoms with Gasteiger partial charge in [-0.3, -0.25) is 14.4 Å². The Morgan fingerprint density at radius 2 is 0.839 bits per heavy atom. The number of hydrogen-bond acceptors (Lipinski definition) is 20. The fraction of sp³-hybridized carbons (Fsp3) is 0.925. The van der Waals surface area contributed by atoms with Gasteiger partial charge >= 0.3 is 0 Å². The maximum absolute atomic E-state index is 12.9. The van der Waals surface area contributed by atoms with Gasteiger partial charge in [-0.25, -0.2) is 0 Å². The highest BCUT2D eigenvalue weighted by atomic mass is 16.6. The van der Waals surface area contributed by atoms with E-state index in [1.54, 1.807) is 0 Å². The molecule has 0 spiro atoms. The molecule has 0 rings (SSSR count). The first-order valence-corrected chi connectivity index (χ1v) is 21.2. The van der Waals surface area contributed by atoms with E-state index in [9.17, 15) is 14.4 Å². The van der Waals surface area contributed by atoms with Gasteiger partial charge in [-0.1, -0.05) is 12.8 Å². The number of rotatable bonds is 49.